The Morgan fingerprint density at radius 2 is 2.00 bits per heavy atom. The summed E-state index contributed by atoms with van der Waals surface area (Å²) in [6.45, 7) is 4.30. The fourth-order valence-electron chi connectivity index (χ4n) is 1.78. The molecule has 19 heavy (non-hydrogen) atoms. The lowest BCUT2D eigenvalue weighted by atomic mass is 10.2. The highest BCUT2D eigenvalue weighted by molar-refractivity contribution is 5.17. The fraction of sp³-hybridized carbons (Fsp3) is 0.333. The average molecular weight is 263 g/mol. The Kier molecular flexibility index (Phi) is 5.12. The van der Waals surface area contributed by atoms with E-state index in [-0.39, 0.29) is 12.4 Å². The SMILES string of the molecule is CCNCc1ccoc1COCc1ccccc1F. The maximum absolute atomic E-state index is 13.4. The van der Waals surface area contributed by atoms with E-state index in [1.54, 1.807) is 24.5 Å². The molecule has 1 heterocycles. The van der Waals surface area contributed by atoms with Crippen LogP contribution in [0.3, 0.4) is 0 Å². The van der Waals surface area contributed by atoms with Crippen LogP contribution in [0.5, 0.6) is 0 Å². The van der Waals surface area contributed by atoms with Crippen LogP contribution in [0.1, 0.15) is 23.8 Å². The van der Waals surface area contributed by atoms with Gasteiger partial charge in [0.15, 0.2) is 0 Å². The van der Waals surface area contributed by atoms with Crippen LogP contribution < -0.4 is 5.32 Å². The zero-order chi connectivity index (χ0) is 13.5. The van der Waals surface area contributed by atoms with Crippen LogP contribution >= 0.6 is 0 Å². The Morgan fingerprint density at radius 3 is 2.79 bits per heavy atom. The van der Waals surface area contributed by atoms with Gasteiger partial charge in [0.25, 0.3) is 0 Å². The molecule has 0 saturated carbocycles. The maximum atomic E-state index is 13.4. The topological polar surface area (TPSA) is 34.4 Å². The van der Waals surface area contributed by atoms with Crippen molar-refractivity contribution in [2.75, 3.05) is 6.54 Å². The van der Waals surface area contributed by atoms with Crippen molar-refractivity contribution >= 4 is 0 Å². The Labute approximate surface area is 112 Å². The molecule has 0 atom stereocenters. The Balaban J connectivity index is 1.86. The van der Waals surface area contributed by atoms with Crippen LogP contribution in [0.25, 0.3) is 0 Å². The van der Waals surface area contributed by atoms with Crippen molar-refractivity contribution in [1.82, 2.24) is 5.32 Å². The first-order valence-corrected chi connectivity index (χ1v) is 6.38. The number of hydrogen-bond acceptors (Lipinski definition) is 3. The van der Waals surface area contributed by atoms with Crippen LogP contribution in [0.4, 0.5) is 4.39 Å². The number of furan rings is 1. The predicted octanol–water partition coefficient (Wildman–Crippen LogP) is 3.25. The molecule has 2 rings (SSSR count). The third kappa shape index (κ3) is 3.91. The van der Waals surface area contributed by atoms with Crippen molar-refractivity contribution in [2.45, 2.75) is 26.7 Å². The molecule has 0 amide bonds. The van der Waals surface area contributed by atoms with Crippen LogP contribution in [-0.4, -0.2) is 6.54 Å². The normalized spacial score (nSPS) is 10.8. The summed E-state index contributed by atoms with van der Waals surface area (Å²) in [5.41, 5.74) is 1.64. The molecular weight excluding hydrogens is 245 g/mol. The predicted molar refractivity (Wildman–Crippen MR) is 71.0 cm³/mol. The molecule has 2 aromatic rings. The molecule has 4 heteroatoms. The van der Waals surface area contributed by atoms with E-state index >= 15 is 0 Å². The van der Waals surface area contributed by atoms with Crippen LogP contribution in [0.2, 0.25) is 0 Å². The second kappa shape index (κ2) is 7.07. The second-order valence-corrected chi connectivity index (χ2v) is 4.23. The van der Waals surface area contributed by atoms with Gasteiger partial charge in [-0.15, -0.1) is 0 Å². The van der Waals surface area contributed by atoms with Gasteiger partial charge >= 0.3 is 0 Å². The first kappa shape index (κ1) is 13.8. The van der Waals surface area contributed by atoms with Crippen molar-refractivity contribution in [3.63, 3.8) is 0 Å². The zero-order valence-electron chi connectivity index (χ0n) is 11.0. The monoisotopic (exact) mass is 263 g/mol. The molecule has 0 saturated heterocycles. The molecule has 0 radical (unpaired) electrons. The van der Waals surface area contributed by atoms with Gasteiger partial charge in [0.2, 0.25) is 0 Å². The summed E-state index contributed by atoms with van der Waals surface area (Å²) in [6.07, 6.45) is 1.65. The highest BCUT2D eigenvalue weighted by Gasteiger charge is 2.07. The first-order chi connectivity index (χ1) is 9.31. The van der Waals surface area contributed by atoms with Gasteiger partial charge < -0.3 is 14.5 Å². The summed E-state index contributed by atoms with van der Waals surface area (Å²) in [4.78, 5) is 0. The summed E-state index contributed by atoms with van der Waals surface area (Å²) in [7, 11) is 0. The highest BCUT2D eigenvalue weighted by Crippen LogP contribution is 2.14. The standard InChI is InChI=1S/C15H18FNO2/c1-2-17-9-12-7-8-19-15(12)11-18-10-13-5-3-4-6-14(13)16/h3-8,17H,2,9-11H2,1H3. The molecule has 0 aliphatic heterocycles. The molecule has 0 fully saturated rings. The lowest BCUT2D eigenvalue weighted by molar-refractivity contribution is 0.0901. The summed E-state index contributed by atoms with van der Waals surface area (Å²) in [5.74, 6) is 0.548. The molecule has 1 aromatic carbocycles. The van der Waals surface area contributed by atoms with E-state index in [1.807, 2.05) is 6.07 Å². The van der Waals surface area contributed by atoms with Gasteiger partial charge in [-0.25, -0.2) is 4.39 Å². The highest BCUT2D eigenvalue weighted by atomic mass is 19.1. The van der Waals surface area contributed by atoms with Gasteiger partial charge in [-0.3, -0.25) is 0 Å². The molecule has 0 bridgehead atoms. The Bertz CT molecular complexity index is 510. The second-order valence-electron chi connectivity index (χ2n) is 4.23. The fourth-order valence-corrected chi connectivity index (χ4v) is 1.78. The van der Waals surface area contributed by atoms with Gasteiger partial charge in [0.1, 0.15) is 18.2 Å². The minimum absolute atomic E-state index is 0.241. The van der Waals surface area contributed by atoms with Gasteiger partial charge in [-0.1, -0.05) is 25.1 Å². The van der Waals surface area contributed by atoms with E-state index in [0.717, 1.165) is 24.4 Å². The van der Waals surface area contributed by atoms with E-state index < -0.39 is 0 Å². The number of benzene rings is 1. The summed E-state index contributed by atoms with van der Waals surface area (Å²) < 4.78 is 24.3. The Hall–Kier alpha value is -1.65. The number of halogens is 1. The van der Waals surface area contributed by atoms with Crippen LogP contribution in [0.15, 0.2) is 41.0 Å². The molecular formula is C15H18FNO2. The number of hydrogen-bond donors (Lipinski definition) is 1. The number of nitrogens with one attached hydrogen (secondary N) is 1. The zero-order valence-corrected chi connectivity index (χ0v) is 11.0. The third-order valence-corrected chi connectivity index (χ3v) is 2.85. The third-order valence-electron chi connectivity index (χ3n) is 2.85. The minimum Gasteiger partial charge on any atom is -0.467 e. The van der Waals surface area contributed by atoms with Gasteiger partial charge in [0.05, 0.1) is 12.9 Å². The van der Waals surface area contributed by atoms with Crippen molar-refractivity contribution in [3.8, 4) is 0 Å². The molecule has 0 aliphatic rings. The molecule has 1 aromatic heterocycles. The quantitative estimate of drug-likeness (QED) is 0.832. The van der Waals surface area contributed by atoms with E-state index in [4.69, 9.17) is 9.15 Å². The smallest absolute Gasteiger partial charge is 0.133 e. The van der Waals surface area contributed by atoms with Crippen LogP contribution in [0, 0.1) is 5.82 Å². The van der Waals surface area contributed by atoms with Crippen molar-refractivity contribution in [3.05, 3.63) is 59.3 Å². The Morgan fingerprint density at radius 1 is 1.16 bits per heavy atom. The van der Waals surface area contributed by atoms with Crippen molar-refractivity contribution < 1.29 is 13.5 Å². The van der Waals surface area contributed by atoms with E-state index in [0.29, 0.717) is 12.2 Å². The van der Waals surface area contributed by atoms with E-state index in [1.165, 1.54) is 6.07 Å². The maximum Gasteiger partial charge on any atom is 0.133 e. The molecule has 102 valence electrons. The van der Waals surface area contributed by atoms with Gasteiger partial charge in [-0.2, -0.15) is 0 Å². The largest absolute Gasteiger partial charge is 0.467 e. The lowest BCUT2D eigenvalue weighted by Gasteiger charge is -2.06. The first-order valence-electron chi connectivity index (χ1n) is 6.38. The van der Waals surface area contributed by atoms with Crippen LogP contribution in [-0.2, 0) is 24.5 Å². The lowest BCUT2D eigenvalue weighted by Crippen LogP contribution is -2.12. The molecule has 1 N–H and O–H groups in total. The molecule has 3 nitrogen and oxygen atoms in total. The van der Waals surface area contributed by atoms with Gasteiger partial charge in [-0.05, 0) is 18.7 Å². The van der Waals surface area contributed by atoms with Crippen molar-refractivity contribution in [1.29, 1.82) is 0 Å². The van der Waals surface area contributed by atoms with Crippen molar-refractivity contribution in [2.24, 2.45) is 0 Å². The van der Waals surface area contributed by atoms with E-state index in [2.05, 4.69) is 12.2 Å². The minimum atomic E-state index is -0.241. The molecule has 0 spiro atoms. The average Bonchev–Trinajstić information content (AvgIpc) is 2.86. The molecule has 0 aliphatic carbocycles. The summed E-state index contributed by atoms with van der Waals surface area (Å²) in [5, 5.41) is 3.23. The number of rotatable bonds is 7. The molecule has 0 unspecified atom stereocenters. The summed E-state index contributed by atoms with van der Waals surface area (Å²) >= 11 is 0. The van der Waals surface area contributed by atoms with Gasteiger partial charge in [0, 0.05) is 17.7 Å². The summed E-state index contributed by atoms with van der Waals surface area (Å²) in [6, 6.07) is 8.54. The number of ether oxygens (including phenoxy) is 1. The van der Waals surface area contributed by atoms with E-state index in [9.17, 15) is 4.39 Å².